The van der Waals surface area contributed by atoms with E-state index in [1.165, 1.54) is 0 Å². The molecular formula is C22H20N4O3. The zero-order valence-corrected chi connectivity index (χ0v) is 15.7. The van der Waals surface area contributed by atoms with Crippen LogP contribution >= 0.6 is 0 Å². The van der Waals surface area contributed by atoms with Gasteiger partial charge in [0.05, 0.1) is 12.0 Å². The fourth-order valence-corrected chi connectivity index (χ4v) is 3.10. The molecule has 0 bridgehead atoms. The Kier molecular flexibility index (Phi) is 5.49. The molecule has 0 atom stereocenters. The van der Waals surface area contributed by atoms with Crippen molar-refractivity contribution in [1.82, 2.24) is 19.9 Å². The topological polar surface area (TPSA) is 93.2 Å². The monoisotopic (exact) mass is 388 g/mol. The van der Waals surface area contributed by atoms with E-state index in [9.17, 15) is 9.90 Å². The first-order valence-corrected chi connectivity index (χ1v) is 9.25. The van der Waals surface area contributed by atoms with Gasteiger partial charge < -0.3 is 19.4 Å². The Hall–Kier alpha value is -3.71. The van der Waals surface area contributed by atoms with E-state index in [0.717, 1.165) is 17.0 Å². The number of imidazole rings is 1. The van der Waals surface area contributed by atoms with E-state index in [1.807, 2.05) is 41.0 Å². The number of amides is 1. The van der Waals surface area contributed by atoms with Gasteiger partial charge in [-0.25, -0.2) is 4.98 Å². The Labute approximate surface area is 167 Å². The SMILES string of the molecule is O=C(NCCn1cnc(-c2ccccc2)c1-c1ccc(CO)o1)c1ccncc1. The number of aliphatic hydroxyl groups is 1. The second kappa shape index (κ2) is 8.53. The molecule has 0 saturated carbocycles. The molecule has 1 amide bonds. The quantitative estimate of drug-likeness (QED) is 0.507. The summed E-state index contributed by atoms with van der Waals surface area (Å²) in [6.45, 7) is 0.768. The molecule has 0 radical (unpaired) electrons. The van der Waals surface area contributed by atoms with Crippen LogP contribution in [0.3, 0.4) is 0 Å². The van der Waals surface area contributed by atoms with Crippen LogP contribution < -0.4 is 5.32 Å². The largest absolute Gasteiger partial charge is 0.457 e. The summed E-state index contributed by atoms with van der Waals surface area (Å²) in [7, 11) is 0. The Morgan fingerprint density at radius 2 is 1.86 bits per heavy atom. The Morgan fingerprint density at radius 3 is 2.59 bits per heavy atom. The summed E-state index contributed by atoms with van der Waals surface area (Å²) in [6, 6.07) is 16.7. The van der Waals surface area contributed by atoms with Crippen molar-refractivity contribution in [2.75, 3.05) is 6.54 Å². The number of rotatable bonds is 7. The molecule has 0 saturated heterocycles. The molecule has 3 heterocycles. The zero-order chi connectivity index (χ0) is 20.1. The lowest BCUT2D eigenvalue weighted by atomic mass is 10.1. The average Bonchev–Trinajstić information content (AvgIpc) is 3.41. The molecule has 29 heavy (non-hydrogen) atoms. The molecule has 0 aliphatic heterocycles. The fraction of sp³-hybridized carbons (Fsp3) is 0.136. The molecule has 0 aliphatic carbocycles. The summed E-state index contributed by atoms with van der Waals surface area (Å²) in [5.74, 6) is 0.946. The summed E-state index contributed by atoms with van der Waals surface area (Å²) in [4.78, 5) is 20.7. The summed E-state index contributed by atoms with van der Waals surface area (Å²) >= 11 is 0. The molecule has 4 aromatic rings. The van der Waals surface area contributed by atoms with Gasteiger partial charge in [0.2, 0.25) is 0 Å². The predicted octanol–water partition coefficient (Wildman–Crippen LogP) is 3.13. The Morgan fingerprint density at radius 1 is 1.07 bits per heavy atom. The minimum atomic E-state index is -0.170. The number of nitrogens with zero attached hydrogens (tertiary/aromatic N) is 3. The van der Waals surface area contributed by atoms with Gasteiger partial charge in [-0.1, -0.05) is 30.3 Å². The van der Waals surface area contributed by atoms with Crippen LogP contribution in [0, 0.1) is 0 Å². The maximum absolute atomic E-state index is 12.2. The van der Waals surface area contributed by atoms with Crippen LogP contribution in [0.2, 0.25) is 0 Å². The lowest BCUT2D eigenvalue weighted by molar-refractivity contribution is 0.0952. The van der Waals surface area contributed by atoms with Gasteiger partial charge in [0, 0.05) is 36.6 Å². The molecule has 7 heteroatoms. The van der Waals surface area contributed by atoms with E-state index in [4.69, 9.17) is 4.42 Å². The van der Waals surface area contributed by atoms with Gasteiger partial charge in [0.1, 0.15) is 18.1 Å². The smallest absolute Gasteiger partial charge is 0.251 e. The third kappa shape index (κ3) is 4.09. The Balaban J connectivity index is 1.58. The van der Waals surface area contributed by atoms with Crippen molar-refractivity contribution in [2.45, 2.75) is 13.2 Å². The first-order valence-electron chi connectivity index (χ1n) is 9.25. The van der Waals surface area contributed by atoms with Crippen LogP contribution in [-0.4, -0.2) is 32.1 Å². The molecule has 1 aromatic carbocycles. The van der Waals surface area contributed by atoms with E-state index >= 15 is 0 Å². The molecule has 146 valence electrons. The van der Waals surface area contributed by atoms with Gasteiger partial charge in [-0.2, -0.15) is 0 Å². The van der Waals surface area contributed by atoms with E-state index in [1.54, 1.807) is 36.9 Å². The summed E-state index contributed by atoms with van der Waals surface area (Å²) < 4.78 is 7.71. The van der Waals surface area contributed by atoms with Crippen molar-refractivity contribution >= 4 is 5.91 Å². The van der Waals surface area contributed by atoms with Gasteiger partial charge in [0.15, 0.2) is 5.76 Å². The standard InChI is InChI=1S/C22H20N4O3/c27-14-18-6-7-19(29-18)21-20(16-4-2-1-3-5-16)25-15-26(21)13-12-24-22(28)17-8-10-23-11-9-17/h1-11,15,27H,12-14H2,(H,24,28). The molecule has 0 unspecified atom stereocenters. The van der Waals surface area contributed by atoms with E-state index in [2.05, 4.69) is 15.3 Å². The van der Waals surface area contributed by atoms with Crippen LogP contribution in [0.5, 0.6) is 0 Å². The molecule has 0 aliphatic rings. The lowest BCUT2D eigenvalue weighted by Gasteiger charge is -2.10. The summed E-state index contributed by atoms with van der Waals surface area (Å²) in [6.07, 6.45) is 4.91. The van der Waals surface area contributed by atoms with Gasteiger partial charge in [-0.3, -0.25) is 9.78 Å². The molecule has 3 aromatic heterocycles. The molecule has 0 fully saturated rings. The van der Waals surface area contributed by atoms with Crippen molar-refractivity contribution in [3.05, 3.63) is 84.6 Å². The fourth-order valence-electron chi connectivity index (χ4n) is 3.10. The van der Waals surface area contributed by atoms with Crippen LogP contribution in [0.15, 0.2) is 77.7 Å². The molecule has 0 spiro atoms. The Bertz CT molecular complexity index is 1090. The first kappa shape index (κ1) is 18.6. The number of carbonyl (C=O) groups is 1. The number of hydrogen-bond donors (Lipinski definition) is 2. The maximum Gasteiger partial charge on any atom is 0.251 e. The van der Waals surface area contributed by atoms with Gasteiger partial charge >= 0.3 is 0 Å². The number of carbonyl (C=O) groups excluding carboxylic acids is 1. The number of furan rings is 1. The van der Waals surface area contributed by atoms with E-state index in [-0.39, 0.29) is 12.5 Å². The van der Waals surface area contributed by atoms with Crippen molar-refractivity contribution < 1.29 is 14.3 Å². The highest BCUT2D eigenvalue weighted by Gasteiger charge is 2.18. The predicted molar refractivity (Wildman–Crippen MR) is 108 cm³/mol. The second-order valence-electron chi connectivity index (χ2n) is 6.42. The number of aromatic nitrogens is 3. The number of benzene rings is 1. The number of pyridine rings is 1. The number of hydrogen-bond acceptors (Lipinski definition) is 5. The summed E-state index contributed by atoms with van der Waals surface area (Å²) in [5.41, 5.74) is 3.11. The summed E-state index contributed by atoms with van der Waals surface area (Å²) in [5, 5.41) is 12.3. The second-order valence-corrected chi connectivity index (χ2v) is 6.42. The number of nitrogens with one attached hydrogen (secondary N) is 1. The van der Waals surface area contributed by atoms with Gasteiger partial charge in [-0.05, 0) is 24.3 Å². The third-order valence-electron chi connectivity index (χ3n) is 4.52. The number of aliphatic hydroxyl groups excluding tert-OH is 1. The van der Waals surface area contributed by atoms with Crippen LogP contribution in [0.25, 0.3) is 22.7 Å². The van der Waals surface area contributed by atoms with E-state index in [0.29, 0.717) is 30.2 Å². The molecule has 7 nitrogen and oxygen atoms in total. The maximum atomic E-state index is 12.2. The van der Waals surface area contributed by atoms with Gasteiger partial charge in [0.25, 0.3) is 5.91 Å². The van der Waals surface area contributed by atoms with Crippen molar-refractivity contribution in [1.29, 1.82) is 0 Å². The van der Waals surface area contributed by atoms with Crippen LogP contribution in [0.1, 0.15) is 16.1 Å². The molecule has 4 rings (SSSR count). The van der Waals surface area contributed by atoms with Crippen molar-refractivity contribution in [3.8, 4) is 22.7 Å². The highest BCUT2D eigenvalue weighted by atomic mass is 16.4. The van der Waals surface area contributed by atoms with Crippen LogP contribution in [-0.2, 0) is 13.2 Å². The first-order chi connectivity index (χ1) is 14.3. The van der Waals surface area contributed by atoms with Crippen molar-refractivity contribution in [3.63, 3.8) is 0 Å². The minimum Gasteiger partial charge on any atom is -0.457 e. The van der Waals surface area contributed by atoms with Crippen molar-refractivity contribution in [2.24, 2.45) is 0 Å². The lowest BCUT2D eigenvalue weighted by Crippen LogP contribution is -2.27. The minimum absolute atomic E-state index is 0.155. The third-order valence-corrected chi connectivity index (χ3v) is 4.52. The highest BCUT2D eigenvalue weighted by molar-refractivity contribution is 5.93. The molecular weight excluding hydrogens is 368 g/mol. The highest BCUT2D eigenvalue weighted by Crippen LogP contribution is 2.32. The molecule has 2 N–H and O–H groups in total. The average molecular weight is 388 g/mol. The van der Waals surface area contributed by atoms with E-state index < -0.39 is 0 Å². The zero-order valence-electron chi connectivity index (χ0n) is 15.7. The normalized spacial score (nSPS) is 10.8. The van der Waals surface area contributed by atoms with Crippen LogP contribution in [0.4, 0.5) is 0 Å². The van der Waals surface area contributed by atoms with Gasteiger partial charge in [-0.15, -0.1) is 0 Å².